The van der Waals surface area contributed by atoms with E-state index in [2.05, 4.69) is 0 Å². The van der Waals surface area contributed by atoms with Gasteiger partial charge in [-0.25, -0.2) is 0 Å². The first-order chi connectivity index (χ1) is 7.97. The van der Waals surface area contributed by atoms with Crippen LogP contribution in [0.2, 0.25) is 0 Å². The second-order valence-corrected chi connectivity index (χ2v) is 4.45. The Morgan fingerprint density at radius 3 is 2.06 bits per heavy atom. The Bertz CT molecular complexity index is 391. The van der Waals surface area contributed by atoms with Gasteiger partial charge in [-0.2, -0.15) is 0 Å². The second-order valence-electron chi connectivity index (χ2n) is 4.45. The van der Waals surface area contributed by atoms with Gasteiger partial charge in [-0.3, -0.25) is 4.79 Å². The van der Waals surface area contributed by atoms with Gasteiger partial charge in [-0.1, -0.05) is 19.9 Å². The number of nitrogens with two attached hydrogens (primary N) is 1. The van der Waals surface area contributed by atoms with Crippen molar-refractivity contribution in [2.45, 2.75) is 13.8 Å². The van der Waals surface area contributed by atoms with E-state index in [9.17, 15) is 4.79 Å². The molecule has 0 atom stereocenters. The number of ether oxygens (including phenoxy) is 2. The molecule has 0 bridgehead atoms. The van der Waals surface area contributed by atoms with Gasteiger partial charge >= 0.3 is 0 Å². The van der Waals surface area contributed by atoms with E-state index in [0.29, 0.717) is 17.1 Å². The van der Waals surface area contributed by atoms with E-state index < -0.39 is 5.41 Å². The number of carbonyl (C=O) groups is 1. The normalized spacial score (nSPS) is 11.1. The third-order valence-corrected chi connectivity index (χ3v) is 2.78. The van der Waals surface area contributed by atoms with Gasteiger partial charge in [0.2, 0.25) is 0 Å². The molecule has 0 amide bonds. The average Bonchev–Trinajstić information content (AvgIpc) is 2.36. The molecule has 94 valence electrons. The maximum Gasteiger partial charge on any atom is 0.177 e. The van der Waals surface area contributed by atoms with Gasteiger partial charge in [0.15, 0.2) is 5.78 Å². The van der Waals surface area contributed by atoms with Crippen LogP contribution in [0.25, 0.3) is 0 Å². The van der Waals surface area contributed by atoms with Crippen LogP contribution in [0, 0.1) is 5.41 Å². The van der Waals surface area contributed by atoms with Gasteiger partial charge < -0.3 is 15.2 Å². The van der Waals surface area contributed by atoms with Crippen molar-refractivity contribution in [1.82, 2.24) is 0 Å². The summed E-state index contributed by atoms with van der Waals surface area (Å²) in [7, 11) is 3.06. The van der Waals surface area contributed by atoms with E-state index in [1.165, 1.54) is 14.2 Å². The van der Waals surface area contributed by atoms with E-state index in [4.69, 9.17) is 15.2 Å². The predicted octanol–water partition coefficient (Wildman–Crippen LogP) is 1.87. The second kappa shape index (κ2) is 5.19. The molecule has 4 heteroatoms. The smallest absolute Gasteiger partial charge is 0.177 e. The summed E-state index contributed by atoms with van der Waals surface area (Å²) in [6.45, 7) is 3.88. The number of rotatable bonds is 5. The van der Waals surface area contributed by atoms with Crippen LogP contribution in [-0.4, -0.2) is 26.5 Å². The minimum atomic E-state index is -0.637. The Balaban J connectivity index is 3.33. The lowest BCUT2D eigenvalue weighted by Gasteiger charge is -2.23. The highest BCUT2D eigenvalue weighted by molar-refractivity contribution is 6.04. The largest absolute Gasteiger partial charge is 0.496 e. The summed E-state index contributed by atoms with van der Waals surface area (Å²) < 4.78 is 10.4. The molecule has 0 saturated heterocycles. The number of benzene rings is 1. The molecule has 0 aliphatic carbocycles. The first kappa shape index (κ1) is 13.5. The van der Waals surface area contributed by atoms with E-state index in [0.717, 1.165) is 0 Å². The summed E-state index contributed by atoms with van der Waals surface area (Å²) in [5, 5.41) is 0. The van der Waals surface area contributed by atoms with Crippen molar-refractivity contribution in [2.75, 3.05) is 20.8 Å². The predicted molar refractivity (Wildman–Crippen MR) is 66.7 cm³/mol. The van der Waals surface area contributed by atoms with Crippen molar-refractivity contribution in [3.05, 3.63) is 23.8 Å². The number of hydrogen-bond donors (Lipinski definition) is 1. The molecule has 4 nitrogen and oxygen atoms in total. The van der Waals surface area contributed by atoms with E-state index in [-0.39, 0.29) is 12.3 Å². The maximum atomic E-state index is 12.4. The number of ketones is 1. The van der Waals surface area contributed by atoms with Crippen LogP contribution >= 0.6 is 0 Å². The molecule has 0 fully saturated rings. The zero-order valence-corrected chi connectivity index (χ0v) is 10.7. The maximum absolute atomic E-state index is 12.4. The van der Waals surface area contributed by atoms with Gasteiger partial charge in [0.05, 0.1) is 14.2 Å². The zero-order valence-electron chi connectivity index (χ0n) is 10.7. The van der Waals surface area contributed by atoms with Gasteiger partial charge in [-0.05, 0) is 12.1 Å². The molecule has 17 heavy (non-hydrogen) atoms. The van der Waals surface area contributed by atoms with Crippen LogP contribution in [0.15, 0.2) is 18.2 Å². The van der Waals surface area contributed by atoms with Crippen molar-refractivity contribution >= 4 is 5.78 Å². The van der Waals surface area contributed by atoms with Crippen molar-refractivity contribution in [3.63, 3.8) is 0 Å². The number of hydrogen-bond acceptors (Lipinski definition) is 4. The van der Waals surface area contributed by atoms with Crippen LogP contribution in [0.3, 0.4) is 0 Å². The SMILES string of the molecule is COc1cccc(OC)c1C(=O)C(C)(C)CN. The molecule has 2 N–H and O–H groups in total. The number of Topliss-reactive ketones (excluding diaryl/α,β-unsaturated/α-hetero) is 1. The summed E-state index contributed by atoms with van der Waals surface area (Å²) in [4.78, 5) is 12.4. The third kappa shape index (κ3) is 2.58. The Kier molecular flexibility index (Phi) is 4.12. The quantitative estimate of drug-likeness (QED) is 0.794. The highest BCUT2D eigenvalue weighted by Gasteiger charge is 2.31. The first-order valence-corrected chi connectivity index (χ1v) is 5.43. The molecular weight excluding hydrogens is 218 g/mol. The minimum Gasteiger partial charge on any atom is -0.496 e. The Morgan fingerprint density at radius 2 is 1.71 bits per heavy atom. The fourth-order valence-corrected chi connectivity index (χ4v) is 1.51. The van der Waals surface area contributed by atoms with E-state index in [1.54, 1.807) is 32.0 Å². The first-order valence-electron chi connectivity index (χ1n) is 5.43. The fourth-order valence-electron chi connectivity index (χ4n) is 1.51. The van der Waals surface area contributed by atoms with Gasteiger partial charge in [-0.15, -0.1) is 0 Å². The zero-order chi connectivity index (χ0) is 13.1. The molecule has 1 rings (SSSR count). The highest BCUT2D eigenvalue weighted by atomic mass is 16.5. The van der Waals surface area contributed by atoms with Crippen LogP contribution in [0.1, 0.15) is 24.2 Å². The van der Waals surface area contributed by atoms with Crippen LogP contribution in [0.5, 0.6) is 11.5 Å². The fraction of sp³-hybridized carbons (Fsp3) is 0.462. The van der Waals surface area contributed by atoms with Gasteiger partial charge in [0.1, 0.15) is 17.1 Å². The third-order valence-electron chi connectivity index (χ3n) is 2.78. The average molecular weight is 237 g/mol. The lowest BCUT2D eigenvalue weighted by Crippen LogP contribution is -2.33. The molecule has 0 aliphatic heterocycles. The van der Waals surface area contributed by atoms with Crippen molar-refractivity contribution < 1.29 is 14.3 Å². The summed E-state index contributed by atoms with van der Waals surface area (Å²) in [5.41, 5.74) is 5.44. The number of carbonyl (C=O) groups excluding carboxylic acids is 1. The lowest BCUT2D eigenvalue weighted by molar-refractivity contribution is 0.0841. The molecule has 1 aromatic carbocycles. The monoisotopic (exact) mass is 237 g/mol. The van der Waals surface area contributed by atoms with Crippen molar-refractivity contribution in [1.29, 1.82) is 0 Å². The van der Waals surface area contributed by atoms with Gasteiger partial charge in [0, 0.05) is 12.0 Å². The van der Waals surface area contributed by atoms with Crippen molar-refractivity contribution in [2.24, 2.45) is 11.1 Å². The summed E-state index contributed by atoms with van der Waals surface area (Å²) in [6, 6.07) is 5.26. The Hall–Kier alpha value is -1.55. The van der Waals surface area contributed by atoms with Gasteiger partial charge in [0.25, 0.3) is 0 Å². The number of methoxy groups -OCH3 is 2. The molecule has 0 saturated carbocycles. The molecule has 0 unspecified atom stereocenters. The summed E-state index contributed by atoms with van der Waals surface area (Å²) >= 11 is 0. The Morgan fingerprint density at radius 1 is 1.24 bits per heavy atom. The molecular formula is C13H19NO3. The Labute approximate surface area is 102 Å². The van der Waals surface area contributed by atoms with E-state index >= 15 is 0 Å². The summed E-state index contributed by atoms with van der Waals surface area (Å²) in [6.07, 6.45) is 0. The molecule has 0 spiro atoms. The van der Waals surface area contributed by atoms with Crippen molar-refractivity contribution in [3.8, 4) is 11.5 Å². The lowest BCUT2D eigenvalue weighted by atomic mass is 9.83. The molecule has 1 aromatic rings. The molecule has 0 heterocycles. The standard InChI is InChI=1S/C13H19NO3/c1-13(2,8-14)12(15)11-9(16-3)6-5-7-10(11)17-4/h5-7H,8,14H2,1-4H3. The summed E-state index contributed by atoms with van der Waals surface area (Å²) in [5.74, 6) is 0.945. The molecule has 0 aromatic heterocycles. The molecule has 0 radical (unpaired) electrons. The highest BCUT2D eigenvalue weighted by Crippen LogP contribution is 2.33. The van der Waals surface area contributed by atoms with E-state index in [1.807, 2.05) is 0 Å². The van der Waals surface area contributed by atoms with Crippen LogP contribution < -0.4 is 15.2 Å². The van der Waals surface area contributed by atoms with Crippen LogP contribution in [0.4, 0.5) is 0 Å². The minimum absolute atomic E-state index is 0.0747. The topological polar surface area (TPSA) is 61.5 Å². The molecule has 0 aliphatic rings. The van der Waals surface area contributed by atoms with Crippen LogP contribution in [-0.2, 0) is 0 Å².